The highest BCUT2D eigenvalue weighted by atomic mass is 32.2. The van der Waals surface area contributed by atoms with Crippen LogP contribution in [-0.4, -0.2) is 41.9 Å². The number of phenols is 1. The molecule has 0 aliphatic rings. The first-order chi connectivity index (χ1) is 10.9. The van der Waals surface area contributed by atoms with Crippen molar-refractivity contribution in [1.82, 2.24) is 4.90 Å². The average Bonchev–Trinajstić information content (AvgIpc) is 2.52. The quantitative estimate of drug-likeness (QED) is 0.845. The Hall–Kier alpha value is -2.54. The predicted molar refractivity (Wildman–Crippen MR) is 85.0 cm³/mol. The number of hydrogen-bond acceptors (Lipinski definition) is 4. The fourth-order valence-corrected chi connectivity index (χ4v) is 3.35. The molecule has 0 saturated carbocycles. The minimum atomic E-state index is -3.67. The Bertz CT molecular complexity index is 774. The van der Waals surface area contributed by atoms with Crippen LogP contribution >= 0.6 is 0 Å². The molecule has 0 spiro atoms. The van der Waals surface area contributed by atoms with E-state index < -0.39 is 15.9 Å². The van der Waals surface area contributed by atoms with Gasteiger partial charge in [0.2, 0.25) is 0 Å². The van der Waals surface area contributed by atoms with E-state index in [2.05, 4.69) is 0 Å². The molecule has 0 bridgehead atoms. The van der Waals surface area contributed by atoms with Gasteiger partial charge < -0.3 is 15.1 Å². The third-order valence-electron chi connectivity index (χ3n) is 3.29. The Morgan fingerprint density at radius 3 is 2.35 bits per heavy atom. The second-order valence-corrected chi connectivity index (χ2v) is 7.12. The van der Waals surface area contributed by atoms with Crippen LogP contribution in [0, 0.1) is 0 Å². The van der Waals surface area contributed by atoms with Crippen LogP contribution in [0.3, 0.4) is 0 Å². The van der Waals surface area contributed by atoms with E-state index >= 15 is 0 Å². The van der Waals surface area contributed by atoms with Gasteiger partial charge in [0.25, 0.3) is 0 Å². The molecule has 122 valence electrons. The van der Waals surface area contributed by atoms with Crippen LogP contribution in [0.15, 0.2) is 59.5 Å². The zero-order valence-corrected chi connectivity index (χ0v) is 13.1. The summed E-state index contributed by atoms with van der Waals surface area (Å²) in [5, 5.41) is 18.6. The normalized spacial score (nSPS) is 11.1. The summed E-state index contributed by atoms with van der Waals surface area (Å²) in [6.07, 6.45) is -1.18. The standard InChI is InChI=1S/C16H17NO5S/c18-14-7-4-8-15(11-14)23(21,22)10-9-17(16(19)20)12-13-5-2-1-3-6-13/h1-8,11,18H,9-10,12H2,(H,19,20). The van der Waals surface area contributed by atoms with Gasteiger partial charge in [0.05, 0.1) is 10.6 Å². The Labute approximate surface area is 134 Å². The van der Waals surface area contributed by atoms with E-state index in [9.17, 15) is 23.4 Å². The zero-order chi connectivity index (χ0) is 16.9. The molecule has 2 N–H and O–H groups in total. The summed E-state index contributed by atoms with van der Waals surface area (Å²) in [7, 11) is -3.67. The van der Waals surface area contributed by atoms with Gasteiger partial charge in [-0.25, -0.2) is 13.2 Å². The number of sulfone groups is 1. The van der Waals surface area contributed by atoms with Crippen LogP contribution in [0.4, 0.5) is 4.79 Å². The summed E-state index contributed by atoms with van der Waals surface area (Å²) in [6, 6.07) is 14.3. The van der Waals surface area contributed by atoms with Gasteiger partial charge in [-0.05, 0) is 23.8 Å². The number of carbonyl (C=O) groups is 1. The second kappa shape index (κ2) is 7.15. The second-order valence-electron chi connectivity index (χ2n) is 5.01. The van der Waals surface area contributed by atoms with E-state index in [-0.39, 0.29) is 29.5 Å². The van der Waals surface area contributed by atoms with Crippen LogP contribution in [-0.2, 0) is 16.4 Å². The number of hydrogen-bond donors (Lipinski definition) is 2. The molecule has 2 aromatic carbocycles. The highest BCUT2D eigenvalue weighted by Gasteiger charge is 2.19. The zero-order valence-electron chi connectivity index (χ0n) is 12.3. The molecule has 0 unspecified atom stereocenters. The minimum absolute atomic E-state index is 0.0254. The molecule has 1 amide bonds. The van der Waals surface area contributed by atoms with Gasteiger partial charge in [0.1, 0.15) is 5.75 Å². The molecule has 0 radical (unpaired) electrons. The van der Waals surface area contributed by atoms with Crippen molar-refractivity contribution < 1.29 is 23.4 Å². The Balaban J connectivity index is 2.08. The van der Waals surface area contributed by atoms with Gasteiger partial charge in [-0.15, -0.1) is 0 Å². The van der Waals surface area contributed by atoms with Crippen molar-refractivity contribution in [3.63, 3.8) is 0 Å². The van der Waals surface area contributed by atoms with Crippen molar-refractivity contribution in [2.24, 2.45) is 0 Å². The summed E-state index contributed by atoms with van der Waals surface area (Å²) >= 11 is 0. The summed E-state index contributed by atoms with van der Waals surface area (Å²) in [5.41, 5.74) is 0.782. The molecule has 2 aromatic rings. The first-order valence-corrected chi connectivity index (χ1v) is 8.57. The van der Waals surface area contributed by atoms with Crippen molar-refractivity contribution in [1.29, 1.82) is 0 Å². The van der Waals surface area contributed by atoms with Crippen molar-refractivity contribution in [2.45, 2.75) is 11.4 Å². The van der Waals surface area contributed by atoms with E-state index in [1.165, 1.54) is 18.2 Å². The van der Waals surface area contributed by atoms with E-state index in [1.54, 1.807) is 24.3 Å². The van der Waals surface area contributed by atoms with Crippen molar-refractivity contribution in [3.8, 4) is 5.75 Å². The molecule has 0 atom stereocenters. The number of aromatic hydroxyl groups is 1. The van der Waals surface area contributed by atoms with E-state index in [1.807, 2.05) is 6.07 Å². The number of rotatable bonds is 6. The topological polar surface area (TPSA) is 94.9 Å². The molecule has 6 nitrogen and oxygen atoms in total. The lowest BCUT2D eigenvalue weighted by Gasteiger charge is -2.19. The monoisotopic (exact) mass is 335 g/mol. The molecule has 0 heterocycles. The number of nitrogens with zero attached hydrogens (tertiary/aromatic N) is 1. The molecule has 2 rings (SSSR count). The molecule has 0 saturated heterocycles. The number of benzene rings is 2. The molecule has 23 heavy (non-hydrogen) atoms. The first-order valence-electron chi connectivity index (χ1n) is 6.92. The number of carboxylic acid groups (broad SMARTS) is 1. The molecule has 0 aliphatic heterocycles. The Morgan fingerprint density at radius 2 is 1.74 bits per heavy atom. The highest BCUT2D eigenvalue weighted by Crippen LogP contribution is 2.17. The maximum Gasteiger partial charge on any atom is 0.407 e. The number of phenolic OH excluding ortho intramolecular Hbond substituents is 1. The van der Waals surface area contributed by atoms with Gasteiger partial charge in [-0.1, -0.05) is 36.4 Å². The van der Waals surface area contributed by atoms with Gasteiger partial charge >= 0.3 is 6.09 Å². The van der Waals surface area contributed by atoms with Crippen molar-refractivity contribution in [3.05, 3.63) is 60.2 Å². The van der Waals surface area contributed by atoms with Crippen LogP contribution in [0.25, 0.3) is 0 Å². The Morgan fingerprint density at radius 1 is 1.04 bits per heavy atom. The van der Waals surface area contributed by atoms with Crippen molar-refractivity contribution >= 4 is 15.9 Å². The lowest BCUT2D eigenvalue weighted by molar-refractivity contribution is 0.145. The van der Waals surface area contributed by atoms with Gasteiger partial charge in [-0.3, -0.25) is 0 Å². The lowest BCUT2D eigenvalue weighted by Crippen LogP contribution is -2.33. The molecule has 7 heteroatoms. The van der Waals surface area contributed by atoms with E-state index in [0.29, 0.717) is 0 Å². The number of amides is 1. The summed E-state index contributed by atoms with van der Waals surface area (Å²) in [6.45, 7) is -0.0338. The van der Waals surface area contributed by atoms with Crippen LogP contribution in [0.2, 0.25) is 0 Å². The van der Waals surface area contributed by atoms with Crippen LogP contribution in [0.1, 0.15) is 5.56 Å². The largest absolute Gasteiger partial charge is 0.508 e. The Kier molecular flexibility index (Phi) is 5.23. The summed E-state index contributed by atoms with van der Waals surface area (Å²) < 4.78 is 24.5. The third-order valence-corrected chi connectivity index (χ3v) is 4.99. The molecule has 0 aliphatic carbocycles. The fraction of sp³-hybridized carbons (Fsp3) is 0.188. The predicted octanol–water partition coefficient (Wildman–Crippen LogP) is 2.35. The average molecular weight is 335 g/mol. The molecule has 0 fully saturated rings. The third kappa shape index (κ3) is 4.72. The van der Waals surface area contributed by atoms with Gasteiger partial charge in [0, 0.05) is 13.1 Å². The first kappa shape index (κ1) is 16.8. The maximum absolute atomic E-state index is 12.2. The molecule has 0 aromatic heterocycles. The smallest absolute Gasteiger partial charge is 0.407 e. The van der Waals surface area contributed by atoms with Crippen LogP contribution in [0.5, 0.6) is 5.75 Å². The summed E-state index contributed by atoms with van der Waals surface area (Å²) in [4.78, 5) is 12.3. The lowest BCUT2D eigenvalue weighted by atomic mass is 10.2. The highest BCUT2D eigenvalue weighted by molar-refractivity contribution is 7.91. The summed E-state index contributed by atoms with van der Waals surface area (Å²) in [5.74, 6) is -0.499. The van der Waals surface area contributed by atoms with Crippen molar-refractivity contribution in [2.75, 3.05) is 12.3 Å². The fourth-order valence-electron chi connectivity index (χ4n) is 2.07. The maximum atomic E-state index is 12.2. The minimum Gasteiger partial charge on any atom is -0.508 e. The van der Waals surface area contributed by atoms with Crippen LogP contribution < -0.4 is 0 Å². The SMILES string of the molecule is O=C(O)N(CCS(=O)(=O)c1cccc(O)c1)Cc1ccccc1. The van der Waals surface area contributed by atoms with E-state index in [4.69, 9.17) is 0 Å². The van der Waals surface area contributed by atoms with Gasteiger partial charge in [-0.2, -0.15) is 0 Å². The molecular formula is C16H17NO5S. The van der Waals surface area contributed by atoms with Gasteiger partial charge in [0.15, 0.2) is 9.84 Å². The van der Waals surface area contributed by atoms with E-state index in [0.717, 1.165) is 16.5 Å². The molecular weight excluding hydrogens is 318 g/mol.